The molecule has 2 aromatic heterocycles. The number of allylic oxidation sites excluding steroid dienone is 5. The molecule has 0 bridgehead atoms. The minimum atomic E-state index is -0.352. The van der Waals surface area contributed by atoms with Crippen molar-refractivity contribution in [2.75, 3.05) is 5.32 Å². The fraction of sp³-hybridized carbons (Fsp3) is 0.250. The first kappa shape index (κ1) is 15.0. The first-order chi connectivity index (χ1) is 11.2. The average Bonchev–Trinajstić information content (AvgIpc) is 3.09. The molecule has 3 rings (SSSR count). The van der Waals surface area contributed by atoms with Crippen molar-refractivity contribution < 1.29 is 4.79 Å². The lowest BCUT2D eigenvalue weighted by molar-refractivity contribution is 0.102. The number of anilines is 1. The molecule has 0 radical (unpaired) electrons. The molecule has 1 aliphatic carbocycles. The molecule has 0 atom stereocenters. The average molecular weight is 310 g/mol. The Bertz CT molecular complexity index is 778. The molecule has 0 saturated heterocycles. The van der Waals surface area contributed by atoms with Crippen LogP contribution in [0.4, 0.5) is 5.95 Å². The van der Waals surface area contributed by atoms with E-state index in [1.807, 2.05) is 31.2 Å². The van der Waals surface area contributed by atoms with Crippen molar-refractivity contribution in [3.63, 3.8) is 0 Å². The van der Waals surface area contributed by atoms with Crippen LogP contribution in [0.1, 0.15) is 42.0 Å². The molecule has 1 aliphatic rings. The molecule has 0 aliphatic heterocycles. The van der Waals surface area contributed by atoms with E-state index in [-0.39, 0.29) is 17.5 Å². The Labute approximate surface area is 133 Å². The Hall–Kier alpha value is -2.96. The van der Waals surface area contributed by atoms with Crippen LogP contribution in [0.5, 0.6) is 0 Å². The number of aromatic amines is 1. The molecule has 7 nitrogen and oxygen atoms in total. The fourth-order valence-electron chi connectivity index (χ4n) is 1.99. The van der Waals surface area contributed by atoms with Crippen molar-refractivity contribution >= 4 is 17.6 Å². The van der Waals surface area contributed by atoms with Crippen molar-refractivity contribution in [2.45, 2.75) is 25.7 Å². The van der Waals surface area contributed by atoms with E-state index in [1.165, 1.54) is 0 Å². The summed E-state index contributed by atoms with van der Waals surface area (Å²) in [4.78, 5) is 16.4. The third kappa shape index (κ3) is 3.63. The molecule has 0 unspecified atom stereocenters. The van der Waals surface area contributed by atoms with Gasteiger partial charge in [0.25, 0.3) is 5.91 Å². The van der Waals surface area contributed by atoms with E-state index in [2.05, 4.69) is 32.2 Å². The maximum absolute atomic E-state index is 12.2. The molecule has 2 N–H and O–H groups in total. The number of aromatic nitrogens is 5. The molecule has 7 heteroatoms. The SMILES string of the molecule is C=C(/C=C\C=C/C)n1ccc(C(=O)Nc2n[nH]c(C3CC3)n2)n1. The van der Waals surface area contributed by atoms with E-state index < -0.39 is 0 Å². The molecule has 0 aromatic carbocycles. The summed E-state index contributed by atoms with van der Waals surface area (Å²) in [7, 11) is 0. The molecule has 2 heterocycles. The van der Waals surface area contributed by atoms with Crippen LogP contribution in [0.25, 0.3) is 5.70 Å². The lowest BCUT2D eigenvalue weighted by Crippen LogP contribution is -2.14. The van der Waals surface area contributed by atoms with Gasteiger partial charge in [0.05, 0.1) is 5.70 Å². The number of hydrogen-bond acceptors (Lipinski definition) is 4. The second-order valence-electron chi connectivity index (χ2n) is 5.29. The minimum absolute atomic E-state index is 0.276. The fourth-order valence-corrected chi connectivity index (χ4v) is 1.99. The van der Waals surface area contributed by atoms with Crippen molar-refractivity contribution in [2.24, 2.45) is 0 Å². The maximum atomic E-state index is 12.2. The summed E-state index contributed by atoms with van der Waals surface area (Å²) in [6.45, 7) is 5.83. The van der Waals surface area contributed by atoms with Crippen molar-refractivity contribution in [3.05, 3.63) is 54.7 Å². The lowest BCUT2D eigenvalue weighted by atomic mass is 10.4. The third-order valence-corrected chi connectivity index (χ3v) is 3.40. The quantitative estimate of drug-likeness (QED) is 0.803. The lowest BCUT2D eigenvalue weighted by Gasteiger charge is -1.99. The number of rotatable bonds is 6. The predicted octanol–water partition coefficient (Wildman–Crippen LogP) is 2.73. The van der Waals surface area contributed by atoms with E-state index in [0.29, 0.717) is 11.6 Å². The minimum Gasteiger partial charge on any atom is -0.288 e. The van der Waals surface area contributed by atoms with Crippen LogP contribution in [-0.2, 0) is 0 Å². The van der Waals surface area contributed by atoms with E-state index in [4.69, 9.17) is 0 Å². The molecule has 1 fully saturated rings. The number of nitrogens with one attached hydrogen (secondary N) is 2. The summed E-state index contributed by atoms with van der Waals surface area (Å²) < 4.78 is 1.54. The standard InChI is InChI=1S/C16H18N6O/c1-3-4-5-6-11(2)22-10-9-13(21-22)15(23)18-16-17-14(19-20-16)12-7-8-12/h3-6,9-10,12H,2,7-8H2,1H3,(H2,17,18,19,20,23)/b4-3-,6-5-. The molecule has 23 heavy (non-hydrogen) atoms. The predicted molar refractivity (Wildman–Crippen MR) is 87.8 cm³/mol. The third-order valence-electron chi connectivity index (χ3n) is 3.40. The van der Waals surface area contributed by atoms with Crippen LogP contribution < -0.4 is 5.32 Å². The molecular weight excluding hydrogens is 292 g/mol. The molecule has 0 spiro atoms. The number of nitrogens with zero attached hydrogens (tertiary/aromatic N) is 4. The van der Waals surface area contributed by atoms with Crippen LogP contribution in [0, 0.1) is 0 Å². The molecular formula is C16H18N6O. The van der Waals surface area contributed by atoms with Crippen molar-refractivity contribution in [1.29, 1.82) is 0 Å². The highest BCUT2D eigenvalue weighted by Gasteiger charge is 2.27. The van der Waals surface area contributed by atoms with Crippen LogP contribution in [0.15, 0.2) is 43.1 Å². The first-order valence-corrected chi connectivity index (χ1v) is 7.45. The number of hydrogen-bond donors (Lipinski definition) is 2. The summed E-state index contributed by atoms with van der Waals surface area (Å²) >= 11 is 0. The summed E-state index contributed by atoms with van der Waals surface area (Å²) in [5.74, 6) is 1.21. The zero-order valence-corrected chi connectivity index (χ0v) is 12.9. The summed E-state index contributed by atoms with van der Waals surface area (Å²) in [5.41, 5.74) is 0.944. The number of amides is 1. The first-order valence-electron chi connectivity index (χ1n) is 7.45. The van der Waals surface area contributed by atoms with Gasteiger partial charge in [0.1, 0.15) is 5.82 Å². The highest BCUT2D eigenvalue weighted by molar-refractivity contribution is 6.01. The Morgan fingerprint density at radius 2 is 2.30 bits per heavy atom. The van der Waals surface area contributed by atoms with Gasteiger partial charge in [-0.05, 0) is 31.9 Å². The van der Waals surface area contributed by atoms with E-state index in [0.717, 1.165) is 18.7 Å². The zero-order valence-electron chi connectivity index (χ0n) is 12.9. The highest BCUT2D eigenvalue weighted by Crippen LogP contribution is 2.38. The van der Waals surface area contributed by atoms with Crippen molar-refractivity contribution in [3.8, 4) is 0 Å². The number of H-pyrrole nitrogens is 1. The summed E-state index contributed by atoms with van der Waals surface area (Å²) in [5, 5.41) is 13.7. The summed E-state index contributed by atoms with van der Waals surface area (Å²) in [6.07, 6.45) is 11.4. The van der Waals surface area contributed by atoms with Crippen LogP contribution in [0.2, 0.25) is 0 Å². The van der Waals surface area contributed by atoms with Crippen LogP contribution in [0.3, 0.4) is 0 Å². The van der Waals surface area contributed by atoms with E-state index >= 15 is 0 Å². The number of carbonyl (C=O) groups is 1. The second-order valence-corrected chi connectivity index (χ2v) is 5.29. The molecule has 118 valence electrons. The van der Waals surface area contributed by atoms with Gasteiger partial charge in [-0.2, -0.15) is 10.1 Å². The van der Waals surface area contributed by atoms with Crippen LogP contribution >= 0.6 is 0 Å². The Kier molecular flexibility index (Phi) is 4.18. The van der Waals surface area contributed by atoms with Gasteiger partial charge in [0.15, 0.2) is 5.69 Å². The Morgan fingerprint density at radius 1 is 1.48 bits per heavy atom. The Balaban J connectivity index is 1.64. The molecule has 2 aromatic rings. The van der Waals surface area contributed by atoms with Gasteiger partial charge in [0, 0.05) is 12.1 Å². The van der Waals surface area contributed by atoms with Gasteiger partial charge in [-0.15, -0.1) is 5.10 Å². The topological polar surface area (TPSA) is 88.5 Å². The van der Waals surface area contributed by atoms with E-state index in [1.54, 1.807) is 16.9 Å². The van der Waals surface area contributed by atoms with Gasteiger partial charge in [-0.25, -0.2) is 4.68 Å². The normalized spacial score (nSPS) is 14.7. The van der Waals surface area contributed by atoms with Crippen LogP contribution in [-0.4, -0.2) is 30.9 Å². The largest absolute Gasteiger partial charge is 0.288 e. The number of carbonyl (C=O) groups excluding carboxylic acids is 1. The maximum Gasteiger partial charge on any atom is 0.278 e. The molecule has 1 saturated carbocycles. The van der Waals surface area contributed by atoms with E-state index in [9.17, 15) is 4.79 Å². The second kappa shape index (κ2) is 6.43. The van der Waals surface area contributed by atoms with Gasteiger partial charge >= 0.3 is 0 Å². The van der Waals surface area contributed by atoms with Gasteiger partial charge < -0.3 is 0 Å². The monoisotopic (exact) mass is 310 g/mol. The zero-order chi connectivity index (χ0) is 16.2. The highest BCUT2D eigenvalue weighted by atomic mass is 16.2. The Morgan fingerprint density at radius 3 is 3.04 bits per heavy atom. The summed E-state index contributed by atoms with van der Waals surface area (Å²) in [6, 6.07) is 1.62. The van der Waals surface area contributed by atoms with Gasteiger partial charge in [-0.3, -0.25) is 15.2 Å². The molecule has 1 amide bonds. The smallest absolute Gasteiger partial charge is 0.278 e. The van der Waals surface area contributed by atoms with Gasteiger partial charge in [-0.1, -0.05) is 24.8 Å². The van der Waals surface area contributed by atoms with Gasteiger partial charge in [0.2, 0.25) is 5.95 Å². The van der Waals surface area contributed by atoms with Crippen molar-refractivity contribution in [1.82, 2.24) is 25.0 Å².